The Balaban J connectivity index is 2.03. The van der Waals surface area contributed by atoms with Crippen LogP contribution in [0.2, 0.25) is 0 Å². The number of H-pyrrole nitrogens is 1. The summed E-state index contributed by atoms with van der Waals surface area (Å²) in [7, 11) is 0. The van der Waals surface area contributed by atoms with Crippen LogP contribution >= 0.6 is 0 Å². The van der Waals surface area contributed by atoms with Crippen LogP contribution in [-0.4, -0.2) is 33.6 Å². The zero-order chi connectivity index (χ0) is 13.6. The van der Waals surface area contributed by atoms with E-state index in [0.717, 1.165) is 19.5 Å². The van der Waals surface area contributed by atoms with Crippen LogP contribution in [0.25, 0.3) is 11.0 Å². The van der Waals surface area contributed by atoms with Gasteiger partial charge in [-0.05, 0) is 38.5 Å². The zero-order valence-corrected chi connectivity index (χ0v) is 11.2. The molecule has 1 unspecified atom stereocenters. The van der Waals surface area contributed by atoms with Crippen LogP contribution in [-0.2, 0) is 0 Å². The number of imidazole rings is 1. The van der Waals surface area contributed by atoms with Gasteiger partial charge in [-0.2, -0.15) is 0 Å². The number of likely N-dealkylation sites (tertiary alicyclic amines) is 1. The lowest BCUT2D eigenvalue weighted by Crippen LogP contribution is -2.30. The third-order valence-corrected chi connectivity index (χ3v) is 3.97. The number of benzene rings is 1. The molecule has 3 rings (SSSR count). The Morgan fingerprint density at radius 3 is 2.89 bits per heavy atom. The van der Waals surface area contributed by atoms with Crippen LogP contribution < -0.4 is 5.69 Å². The SMILES string of the molecule is CC(C)N1CCC(n2c(=O)[nH]c3ccc(F)cc32)C1. The predicted molar refractivity (Wildman–Crippen MR) is 72.9 cm³/mol. The van der Waals surface area contributed by atoms with E-state index in [1.807, 2.05) is 0 Å². The summed E-state index contributed by atoms with van der Waals surface area (Å²) < 4.78 is 15.1. The summed E-state index contributed by atoms with van der Waals surface area (Å²) in [6.45, 7) is 6.14. The highest BCUT2D eigenvalue weighted by Crippen LogP contribution is 2.25. The minimum absolute atomic E-state index is 0.130. The summed E-state index contributed by atoms with van der Waals surface area (Å²) in [5, 5.41) is 0. The second-order valence-corrected chi connectivity index (χ2v) is 5.49. The van der Waals surface area contributed by atoms with Crippen LogP contribution in [0.4, 0.5) is 4.39 Å². The average molecular weight is 263 g/mol. The molecule has 1 N–H and O–H groups in total. The third-order valence-electron chi connectivity index (χ3n) is 3.97. The molecule has 0 aliphatic carbocycles. The number of aromatic nitrogens is 2. The normalized spacial score (nSPS) is 20.7. The average Bonchev–Trinajstić information content (AvgIpc) is 2.92. The smallest absolute Gasteiger partial charge is 0.306 e. The van der Waals surface area contributed by atoms with Crippen molar-refractivity contribution >= 4 is 11.0 Å². The first-order valence-electron chi connectivity index (χ1n) is 6.70. The number of hydrogen-bond donors (Lipinski definition) is 1. The number of rotatable bonds is 2. The molecule has 1 fully saturated rings. The van der Waals surface area contributed by atoms with Crippen molar-refractivity contribution in [3.63, 3.8) is 0 Å². The molecule has 1 aliphatic heterocycles. The zero-order valence-electron chi connectivity index (χ0n) is 11.2. The van der Waals surface area contributed by atoms with Crippen LogP contribution in [0.1, 0.15) is 26.3 Å². The van der Waals surface area contributed by atoms with Gasteiger partial charge in [0.25, 0.3) is 0 Å². The number of nitrogens with one attached hydrogen (secondary N) is 1. The maximum Gasteiger partial charge on any atom is 0.326 e. The number of nitrogens with zero attached hydrogens (tertiary/aromatic N) is 2. The first kappa shape index (κ1) is 12.4. The van der Waals surface area contributed by atoms with E-state index < -0.39 is 0 Å². The molecule has 1 atom stereocenters. The molecule has 1 aromatic carbocycles. The van der Waals surface area contributed by atoms with Crippen LogP contribution in [0.5, 0.6) is 0 Å². The second kappa shape index (κ2) is 4.49. The maximum absolute atomic E-state index is 13.4. The number of aromatic amines is 1. The van der Waals surface area contributed by atoms with E-state index in [1.165, 1.54) is 12.1 Å². The number of hydrogen-bond acceptors (Lipinski definition) is 2. The standard InChI is InChI=1S/C14H18FN3O/c1-9(2)17-6-5-11(8-17)18-13-7-10(15)3-4-12(13)16-14(18)19/h3-4,7,9,11H,5-6,8H2,1-2H3,(H,16,19). The van der Waals surface area contributed by atoms with Crippen molar-refractivity contribution in [2.45, 2.75) is 32.4 Å². The van der Waals surface area contributed by atoms with Crippen molar-refractivity contribution in [1.29, 1.82) is 0 Å². The predicted octanol–water partition coefficient (Wildman–Crippen LogP) is 2.12. The minimum Gasteiger partial charge on any atom is -0.306 e. The molecule has 0 saturated carbocycles. The van der Waals surface area contributed by atoms with Crippen LogP contribution in [0, 0.1) is 5.82 Å². The van der Waals surface area contributed by atoms with Gasteiger partial charge in [-0.25, -0.2) is 9.18 Å². The Kier molecular flexibility index (Phi) is 2.93. The van der Waals surface area contributed by atoms with E-state index in [-0.39, 0.29) is 17.5 Å². The Bertz CT molecular complexity index is 658. The van der Waals surface area contributed by atoms with Gasteiger partial charge in [0.05, 0.1) is 17.1 Å². The first-order valence-corrected chi connectivity index (χ1v) is 6.70. The van der Waals surface area contributed by atoms with Gasteiger partial charge in [0.1, 0.15) is 5.82 Å². The van der Waals surface area contributed by atoms with E-state index in [0.29, 0.717) is 17.1 Å². The van der Waals surface area contributed by atoms with E-state index in [1.54, 1.807) is 10.6 Å². The fraction of sp³-hybridized carbons (Fsp3) is 0.500. The van der Waals surface area contributed by atoms with E-state index in [9.17, 15) is 9.18 Å². The molecule has 1 aliphatic rings. The summed E-state index contributed by atoms with van der Waals surface area (Å²) in [6.07, 6.45) is 0.932. The second-order valence-electron chi connectivity index (χ2n) is 5.49. The Labute approximate surface area is 110 Å². The molecular formula is C14H18FN3O. The topological polar surface area (TPSA) is 41.0 Å². The van der Waals surface area contributed by atoms with Crippen molar-refractivity contribution in [2.75, 3.05) is 13.1 Å². The van der Waals surface area contributed by atoms with Gasteiger partial charge in [-0.15, -0.1) is 0 Å². The Hall–Kier alpha value is -1.62. The summed E-state index contributed by atoms with van der Waals surface area (Å²) in [5.74, 6) is -0.307. The highest BCUT2D eigenvalue weighted by molar-refractivity contribution is 5.75. The van der Waals surface area contributed by atoms with E-state index in [2.05, 4.69) is 23.7 Å². The number of halogens is 1. The van der Waals surface area contributed by atoms with Gasteiger partial charge in [-0.1, -0.05) is 0 Å². The van der Waals surface area contributed by atoms with Crippen LogP contribution in [0.3, 0.4) is 0 Å². The van der Waals surface area contributed by atoms with E-state index >= 15 is 0 Å². The fourth-order valence-corrected chi connectivity index (χ4v) is 2.91. The molecule has 1 saturated heterocycles. The Morgan fingerprint density at radius 2 is 2.21 bits per heavy atom. The van der Waals surface area contributed by atoms with Crippen molar-refractivity contribution in [1.82, 2.24) is 14.5 Å². The van der Waals surface area contributed by atoms with Crippen LogP contribution in [0.15, 0.2) is 23.0 Å². The van der Waals surface area contributed by atoms with Crippen molar-refractivity contribution < 1.29 is 4.39 Å². The monoisotopic (exact) mass is 263 g/mol. The molecule has 2 heterocycles. The minimum atomic E-state index is -0.307. The van der Waals surface area contributed by atoms with Gasteiger partial charge in [-0.3, -0.25) is 9.47 Å². The molecule has 102 valence electrons. The summed E-state index contributed by atoms with van der Waals surface area (Å²) >= 11 is 0. The fourth-order valence-electron chi connectivity index (χ4n) is 2.91. The van der Waals surface area contributed by atoms with Crippen molar-refractivity contribution in [3.8, 4) is 0 Å². The molecule has 1 aromatic heterocycles. The molecule has 5 heteroatoms. The van der Waals surface area contributed by atoms with Crippen molar-refractivity contribution in [2.24, 2.45) is 0 Å². The lowest BCUT2D eigenvalue weighted by atomic mass is 10.2. The highest BCUT2D eigenvalue weighted by atomic mass is 19.1. The largest absolute Gasteiger partial charge is 0.326 e. The van der Waals surface area contributed by atoms with Crippen molar-refractivity contribution in [3.05, 3.63) is 34.5 Å². The Morgan fingerprint density at radius 1 is 1.42 bits per heavy atom. The molecule has 0 spiro atoms. The van der Waals surface area contributed by atoms with Gasteiger partial charge in [0, 0.05) is 19.1 Å². The molecule has 0 bridgehead atoms. The van der Waals surface area contributed by atoms with Gasteiger partial charge < -0.3 is 4.98 Å². The molecule has 0 radical (unpaired) electrons. The lowest BCUT2D eigenvalue weighted by Gasteiger charge is -2.20. The lowest BCUT2D eigenvalue weighted by molar-refractivity contribution is 0.265. The van der Waals surface area contributed by atoms with E-state index in [4.69, 9.17) is 0 Å². The first-order chi connectivity index (χ1) is 9.06. The molecule has 4 nitrogen and oxygen atoms in total. The van der Waals surface area contributed by atoms with Gasteiger partial charge in [0.15, 0.2) is 0 Å². The quantitative estimate of drug-likeness (QED) is 0.901. The molecule has 2 aromatic rings. The summed E-state index contributed by atoms with van der Waals surface area (Å²) in [4.78, 5) is 17.2. The molecule has 0 amide bonds. The maximum atomic E-state index is 13.4. The third kappa shape index (κ3) is 2.08. The highest BCUT2D eigenvalue weighted by Gasteiger charge is 2.27. The molecule has 19 heavy (non-hydrogen) atoms. The number of fused-ring (bicyclic) bond motifs is 1. The van der Waals surface area contributed by atoms with Gasteiger partial charge >= 0.3 is 5.69 Å². The summed E-state index contributed by atoms with van der Waals surface area (Å²) in [6, 6.07) is 5.04. The van der Waals surface area contributed by atoms with Gasteiger partial charge in [0.2, 0.25) is 0 Å². The summed E-state index contributed by atoms with van der Waals surface area (Å²) in [5.41, 5.74) is 1.23. The molecular weight excluding hydrogens is 245 g/mol.